The summed E-state index contributed by atoms with van der Waals surface area (Å²) in [6.07, 6.45) is 0.551. The van der Waals surface area contributed by atoms with Crippen LogP contribution in [0.3, 0.4) is 0 Å². The van der Waals surface area contributed by atoms with Gasteiger partial charge < -0.3 is 20.1 Å². The molecular formula is C21H24N2O4. The molecule has 2 amide bonds. The predicted octanol–water partition coefficient (Wildman–Crippen LogP) is 3.53. The van der Waals surface area contributed by atoms with Crippen LogP contribution in [0.15, 0.2) is 36.4 Å². The molecule has 1 saturated carbocycles. The fourth-order valence-electron chi connectivity index (χ4n) is 3.21. The molecule has 3 rings (SSSR count). The average Bonchev–Trinajstić information content (AvgIpc) is 3.41. The van der Waals surface area contributed by atoms with E-state index in [-0.39, 0.29) is 23.7 Å². The topological polar surface area (TPSA) is 76.7 Å². The third-order valence-corrected chi connectivity index (χ3v) is 4.60. The van der Waals surface area contributed by atoms with Crippen LogP contribution in [0, 0.1) is 25.7 Å². The number of methoxy groups -OCH3 is 2. The molecule has 1 fully saturated rings. The van der Waals surface area contributed by atoms with Crippen molar-refractivity contribution in [1.29, 1.82) is 0 Å². The van der Waals surface area contributed by atoms with Gasteiger partial charge in [-0.2, -0.15) is 0 Å². The number of benzene rings is 2. The van der Waals surface area contributed by atoms with Crippen LogP contribution < -0.4 is 20.1 Å². The number of hydrogen-bond acceptors (Lipinski definition) is 4. The van der Waals surface area contributed by atoms with Gasteiger partial charge in [-0.15, -0.1) is 0 Å². The van der Waals surface area contributed by atoms with Crippen LogP contribution in [0.4, 0.5) is 11.4 Å². The second-order valence-corrected chi connectivity index (χ2v) is 6.87. The SMILES string of the molecule is COc1ccc(NC(=O)C2CC2C(=O)Nc2cc(C)cc(C)c2)cc1OC. The summed E-state index contributed by atoms with van der Waals surface area (Å²) in [4.78, 5) is 24.9. The number of ether oxygens (including phenoxy) is 2. The Morgan fingerprint density at radius 2 is 1.37 bits per heavy atom. The number of carbonyl (C=O) groups is 2. The molecule has 0 radical (unpaired) electrons. The second kappa shape index (κ2) is 7.70. The normalized spacial score (nSPS) is 17.8. The van der Waals surface area contributed by atoms with Gasteiger partial charge in [-0.25, -0.2) is 0 Å². The van der Waals surface area contributed by atoms with E-state index in [1.54, 1.807) is 25.3 Å². The number of aryl methyl sites for hydroxylation is 2. The maximum Gasteiger partial charge on any atom is 0.228 e. The Hall–Kier alpha value is -3.02. The summed E-state index contributed by atoms with van der Waals surface area (Å²) in [5, 5.41) is 5.75. The fourth-order valence-corrected chi connectivity index (χ4v) is 3.21. The molecule has 27 heavy (non-hydrogen) atoms. The van der Waals surface area contributed by atoms with Crippen LogP contribution >= 0.6 is 0 Å². The highest BCUT2D eigenvalue weighted by atomic mass is 16.5. The molecule has 2 unspecified atom stereocenters. The number of carbonyl (C=O) groups excluding carboxylic acids is 2. The van der Waals surface area contributed by atoms with E-state index in [0.717, 1.165) is 16.8 Å². The first-order valence-electron chi connectivity index (χ1n) is 8.83. The Balaban J connectivity index is 1.59. The minimum Gasteiger partial charge on any atom is -0.493 e. The zero-order valence-electron chi connectivity index (χ0n) is 16.0. The minimum absolute atomic E-state index is 0.118. The molecular weight excluding hydrogens is 344 g/mol. The Labute approximate surface area is 158 Å². The van der Waals surface area contributed by atoms with Gasteiger partial charge in [0.15, 0.2) is 11.5 Å². The van der Waals surface area contributed by atoms with Crippen molar-refractivity contribution >= 4 is 23.2 Å². The number of hydrogen-bond donors (Lipinski definition) is 2. The zero-order chi connectivity index (χ0) is 19.6. The molecule has 1 aliphatic carbocycles. The van der Waals surface area contributed by atoms with Crippen molar-refractivity contribution in [3.8, 4) is 11.5 Å². The summed E-state index contributed by atoms with van der Waals surface area (Å²) in [5.41, 5.74) is 3.55. The van der Waals surface area contributed by atoms with Gasteiger partial charge >= 0.3 is 0 Å². The third kappa shape index (κ3) is 4.39. The maximum atomic E-state index is 12.4. The van der Waals surface area contributed by atoms with Crippen molar-refractivity contribution in [3.05, 3.63) is 47.5 Å². The Kier molecular flexibility index (Phi) is 5.35. The fraction of sp³-hybridized carbons (Fsp3) is 0.333. The Morgan fingerprint density at radius 3 is 1.93 bits per heavy atom. The molecule has 0 spiro atoms. The monoisotopic (exact) mass is 368 g/mol. The van der Waals surface area contributed by atoms with Crippen LogP contribution in [0.1, 0.15) is 17.5 Å². The smallest absolute Gasteiger partial charge is 0.228 e. The van der Waals surface area contributed by atoms with E-state index in [9.17, 15) is 9.59 Å². The summed E-state index contributed by atoms with van der Waals surface area (Å²) >= 11 is 0. The van der Waals surface area contributed by atoms with E-state index < -0.39 is 0 Å². The highest BCUT2D eigenvalue weighted by Crippen LogP contribution is 2.40. The second-order valence-electron chi connectivity index (χ2n) is 6.87. The van der Waals surface area contributed by atoms with E-state index in [1.165, 1.54) is 7.11 Å². The van der Waals surface area contributed by atoms with Gasteiger partial charge in [0.1, 0.15) is 0 Å². The summed E-state index contributed by atoms with van der Waals surface area (Å²) < 4.78 is 10.4. The van der Waals surface area contributed by atoms with Crippen LogP contribution in [0.25, 0.3) is 0 Å². The standard InChI is InChI=1S/C21H24N2O4/c1-12-7-13(2)9-15(8-12)23-21(25)17-11-16(17)20(24)22-14-5-6-18(26-3)19(10-14)27-4/h5-10,16-17H,11H2,1-4H3,(H,22,24)(H,23,25). The highest BCUT2D eigenvalue weighted by Gasteiger charge is 2.48. The number of anilines is 2. The molecule has 2 aromatic rings. The number of rotatable bonds is 6. The van der Waals surface area contributed by atoms with E-state index in [1.807, 2.05) is 32.0 Å². The maximum absolute atomic E-state index is 12.4. The van der Waals surface area contributed by atoms with Crippen LogP contribution in [-0.2, 0) is 9.59 Å². The van der Waals surface area contributed by atoms with Crippen LogP contribution in [-0.4, -0.2) is 26.0 Å². The van der Waals surface area contributed by atoms with Gasteiger partial charge in [0.2, 0.25) is 11.8 Å². The molecule has 2 aromatic carbocycles. The van der Waals surface area contributed by atoms with Crippen LogP contribution in [0.5, 0.6) is 11.5 Å². The third-order valence-electron chi connectivity index (χ3n) is 4.60. The molecule has 1 aliphatic rings. The lowest BCUT2D eigenvalue weighted by Gasteiger charge is -2.11. The summed E-state index contributed by atoms with van der Waals surface area (Å²) in [6.45, 7) is 3.97. The van der Waals surface area contributed by atoms with Gasteiger partial charge in [-0.3, -0.25) is 9.59 Å². The van der Waals surface area contributed by atoms with Crippen molar-refractivity contribution in [2.24, 2.45) is 11.8 Å². The van der Waals surface area contributed by atoms with Gasteiger partial charge in [-0.05, 0) is 55.7 Å². The summed E-state index contributed by atoms with van der Waals surface area (Å²) in [5.74, 6) is 0.230. The Bertz CT molecular complexity index is 858. The lowest BCUT2D eigenvalue weighted by Crippen LogP contribution is -2.20. The van der Waals surface area contributed by atoms with Gasteiger partial charge in [0.05, 0.1) is 26.1 Å². The first-order chi connectivity index (χ1) is 12.9. The molecule has 6 heteroatoms. The van der Waals surface area contributed by atoms with Gasteiger partial charge in [0.25, 0.3) is 0 Å². The lowest BCUT2D eigenvalue weighted by molar-refractivity contribution is -0.122. The van der Waals surface area contributed by atoms with Crippen molar-refractivity contribution in [1.82, 2.24) is 0 Å². The Morgan fingerprint density at radius 1 is 0.815 bits per heavy atom. The van der Waals surface area contributed by atoms with Crippen LogP contribution in [0.2, 0.25) is 0 Å². The summed E-state index contributed by atoms with van der Waals surface area (Å²) in [7, 11) is 3.09. The molecule has 0 bridgehead atoms. The molecule has 2 atom stereocenters. The molecule has 0 aliphatic heterocycles. The van der Waals surface area contributed by atoms with E-state index in [0.29, 0.717) is 23.6 Å². The zero-order valence-corrected chi connectivity index (χ0v) is 16.0. The molecule has 142 valence electrons. The minimum atomic E-state index is -0.316. The van der Waals surface area contributed by atoms with Crippen molar-refractivity contribution in [2.45, 2.75) is 20.3 Å². The van der Waals surface area contributed by atoms with Crippen molar-refractivity contribution in [3.63, 3.8) is 0 Å². The van der Waals surface area contributed by atoms with Crippen molar-refractivity contribution < 1.29 is 19.1 Å². The quantitative estimate of drug-likeness (QED) is 0.818. The first kappa shape index (κ1) is 18.8. The highest BCUT2D eigenvalue weighted by molar-refractivity contribution is 6.03. The first-order valence-corrected chi connectivity index (χ1v) is 8.83. The molecule has 0 aromatic heterocycles. The molecule has 2 N–H and O–H groups in total. The largest absolute Gasteiger partial charge is 0.493 e. The molecule has 6 nitrogen and oxygen atoms in total. The summed E-state index contributed by atoms with van der Waals surface area (Å²) in [6, 6.07) is 11.1. The molecule has 0 heterocycles. The van der Waals surface area contributed by atoms with Gasteiger partial charge in [0, 0.05) is 17.4 Å². The van der Waals surface area contributed by atoms with Gasteiger partial charge in [-0.1, -0.05) is 6.07 Å². The average molecular weight is 368 g/mol. The van der Waals surface area contributed by atoms with E-state index in [4.69, 9.17) is 9.47 Å². The lowest BCUT2D eigenvalue weighted by atomic mass is 10.1. The number of amides is 2. The van der Waals surface area contributed by atoms with Crippen molar-refractivity contribution in [2.75, 3.05) is 24.9 Å². The number of nitrogens with one attached hydrogen (secondary N) is 2. The predicted molar refractivity (Wildman–Crippen MR) is 104 cm³/mol. The molecule has 0 saturated heterocycles. The van der Waals surface area contributed by atoms with E-state index >= 15 is 0 Å². The van der Waals surface area contributed by atoms with E-state index in [2.05, 4.69) is 10.6 Å².